The molecule has 3 atom stereocenters. The Morgan fingerprint density at radius 1 is 1.69 bits per heavy atom. The Kier molecular flexibility index (Phi) is 5.18. The molecule has 0 saturated carbocycles. The zero-order valence-electron chi connectivity index (χ0n) is 10.1. The first-order valence-electron chi connectivity index (χ1n) is 6.02. The van der Waals surface area contributed by atoms with Crippen LogP contribution >= 0.6 is 0 Å². The van der Waals surface area contributed by atoms with Gasteiger partial charge in [0.1, 0.15) is 0 Å². The maximum Gasteiger partial charge on any atom is 0.251 e. The third-order valence-corrected chi connectivity index (χ3v) is 3.52. The number of nitrogens with one attached hydrogen (secondary N) is 1. The van der Waals surface area contributed by atoms with Crippen molar-refractivity contribution in [1.29, 1.82) is 0 Å². The number of hydrazine groups is 1. The molecule has 5 heteroatoms. The van der Waals surface area contributed by atoms with Gasteiger partial charge in [-0.1, -0.05) is 20.3 Å². The molecule has 0 aliphatic carbocycles. The lowest BCUT2D eigenvalue weighted by Crippen LogP contribution is -2.52. The van der Waals surface area contributed by atoms with Crippen molar-refractivity contribution in [3.8, 4) is 0 Å². The SMILES string of the molecule is CCCC(C(=O)NN)N1CCC(C)C1CO. The van der Waals surface area contributed by atoms with Gasteiger partial charge in [0.25, 0.3) is 5.91 Å². The standard InChI is InChI=1S/C11H23N3O2/c1-3-4-9(11(16)13-12)14-6-5-8(2)10(14)7-15/h8-10,15H,3-7,12H2,1-2H3,(H,13,16). The summed E-state index contributed by atoms with van der Waals surface area (Å²) in [5.41, 5.74) is 2.22. The number of hydrogen-bond acceptors (Lipinski definition) is 4. The van der Waals surface area contributed by atoms with Crippen LogP contribution in [0.2, 0.25) is 0 Å². The monoisotopic (exact) mass is 229 g/mol. The van der Waals surface area contributed by atoms with Gasteiger partial charge in [0.2, 0.25) is 0 Å². The molecule has 1 amide bonds. The summed E-state index contributed by atoms with van der Waals surface area (Å²) in [6.45, 7) is 5.14. The predicted molar refractivity (Wildman–Crippen MR) is 62.4 cm³/mol. The number of likely N-dealkylation sites (tertiary alicyclic amines) is 1. The maximum absolute atomic E-state index is 11.7. The van der Waals surface area contributed by atoms with Crippen molar-refractivity contribution in [3.05, 3.63) is 0 Å². The van der Waals surface area contributed by atoms with Gasteiger partial charge >= 0.3 is 0 Å². The molecular formula is C11H23N3O2. The molecule has 0 bridgehead atoms. The normalized spacial score (nSPS) is 28.0. The summed E-state index contributed by atoms with van der Waals surface area (Å²) in [6.07, 6.45) is 2.75. The summed E-state index contributed by atoms with van der Waals surface area (Å²) < 4.78 is 0. The third-order valence-electron chi connectivity index (χ3n) is 3.52. The van der Waals surface area contributed by atoms with Gasteiger partial charge in [0.05, 0.1) is 12.6 Å². The lowest BCUT2D eigenvalue weighted by molar-refractivity contribution is -0.127. The number of aliphatic hydroxyl groups excluding tert-OH is 1. The molecule has 1 saturated heterocycles. The number of carbonyl (C=O) groups excluding carboxylic acids is 1. The quantitative estimate of drug-likeness (QED) is 0.348. The third kappa shape index (κ3) is 2.72. The fourth-order valence-electron chi connectivity index (χ4n) is 2.53. The van der Waals surface area contributed by atoms with E-state index in [-0.39, 0.29) is 24.6 Å². The molecule has 0 aromatic rings. The lowest BCUT2D eigenvalue weighted by Gasteiger charge is -2.31. The van der Waals surface area contributed by atoms with Gasteiger partial charge in [-0.05, 0) is 25.3 Å². The smallest absolute Gasteiger partial charge is 0.251 e. The van der Waals surface area contributed by atoms with Gasteiger partial charge in [-0.15, -0.1) is 0 Å². The van der Waals surface area contributed by atoms with Crippen LogP contribution in [0.15, 0.2) is 0 Å². The first-order chi connectivity index (χ1) is 7.65. The molecule has 4 N–H and O–H groups in total. The first kappa shape index (κ1) is 13.4. The van der Waals surface area contributed by atoms with Crippen molar-refractivity contribution in [1.82, 2.24) is 10.3 Å². The van der Waals surface area contributed by atoms with E-state index in [4.69, 9.17) is 5.84 Å². The van der Waals surface area contributed by atoms with Crippen LogP contribution in [-0.4, -0.2) is 41.1 Å². The predicted octanol–water partition coefficient (Wildman–Crippen LogP) is -0.152. The van der Waals surface area contributed by atoms with Crippen LogP contribution in [0.1, 0.15) is 33.1 Å². The van der Waals surface area contributed by atoms with E-state index >= 15 is 0 Å². The molecule has 5 nitrogen and oxygen atoms in total. The largest absolute Gasteiger partial charge is 0.395 e. The molecule has 1 rings (SSSR count). The zero-order valence-corrected chi connectivity index (χ0v) is 10.1. The van der Waals surface area contributed by atoms with Crippen LogP contribution in [0.4, 0.5) is 0 Å². The minimum Gasteiger partial charge on any atom is -0.395 e. The van der Waals surface area contributed by atoms with Crippen LogP contribution in [-0.2, 0) is 4.79 Å². The van der Waals surface area contributed by atoms with Crippen molar-refractivity contribution < 1.29 is 9.90 Å². The molecule has 1 fully saturated rings. The molecule has 0 aromatic heterocycles. The number of aliphatic hydroxyl groups is 1. The summed E-state index contributed by atoms with van der Waals surface area (Å²) in [5, 5.41) is 9.37. The van der Waals surface area contributed by atoms with Gasteiger partial charge < -0.3 is 5.11 Å². The van der Waals surface area contributed by atoms with E-state index in [0.717, 1.165) is 25.8 Å². The molecule has 1 aliphatic heterocycles. The minimum absolute atomic E-state index is 0.0915. The number of nitrogens with two attached hydrogens (primary N) is 1. The van der Waals surface area contributed by atoms with E-state index < -0.39 is 0 Å². The van der Waals surface area contributed by atoms with Crippen molar-refractivity contribution in [2.24, 2.45) is 11.8 Å². The molecule has 3 unspecified atom stereocenters. The van der Waals surface area contributed by atoms with Gasteiger partial charge in [0.15, 0.2) is 0 Å². The van der Waals surface area contributed by atoms with Gasteiger partial charge in [0, 0.05) is 6.04 Å². The summed E-state index contributed by atoms with van der Waals surface area (Å²) in [5.74, 6) is 5.50. The molecule has 0 aromatic carbocycles. The summed E-state index contributed by atoms with van der Waals surface area (Å²) in [4.78, 5) is 13.8. The second-order valence-electron chi connectivity index (χ2n) is 4.57. The topological polar surface area (TPSA) is 78.6 Å². The Labute approximate surface area is 97.0 Å². The van der Waals surface area contributed by atoms with Crippen LogP contribution in [0, 0.1) is 5.92 Å². The van der Waals surface area contributed by atoms with Crippen LogP contribution in [0.3, 0.4) is 0 Å². The average Bonchev–Trinajstić information content (AvgIpc) is 2.66. The van der Waals surface area contributed by atoms with E-state index in [1.54, 1.807) is 0 Å². The highest BCUT2D eigenvalue weighted by Crippen LogP contribution is 2.27. The van der Waals surface area contributed by atoms with Crippen LogP contribution < -0.4 is 11.3 Å². The number of hydrogen-bond donors (Lipinski definition) is 3. The van der Waals surface area contributed by atoms with Crippen molar-refractivity contribution in [2.75, 3.05) is 13.2 Å². The second-order valence-corrected chi connectivity index (χ2v) is 4.57. The lowest BCUT2D eigenvalue weighted by atomic mass is 10.0. The highest BCUT2D eigenvalue weighted by atomic mass is 16.3. The number of amides is 1. The number of carbonyl (C=O) groups is 1. The average molecular weight is 229 g/mol. The van der Waals surface area contributed by atoms with Crippen molar-refractivity contribution in [2.45, 2.75) is 45.2 Å². The first-order valence-corrected chi connectivity index (χ1v) is 6.02. The van der Waals surface area contributed by atoms with Crippen molar-refractivity contribution >= 4 is 5.91 Å². The van der Waals surface area contributed by atoms with E-state index in [9.17, 15) is 9.90 Å². The van der Waals surface area contributed by atoms with Crippen LogP contribution in [0.5, 0.6) is 0 Å². The van der Waals surface area contributed by atoms with Gasteiger partial charge in [-0.3, -0.25) is 15.1 Å². The highest BCUT2D eigenvalue weighted by Gasteiger charge is 2.37. The van der Waals surface area contributed by atoms with Gasteiger partial charge in [-0.25, -0.2) is 5.84 Å². The Hall–Kier alpha value is -0.650. The fraction of sp³-hybridized carbons (Fsp3) is 0.909. The molecule has 1 heterocycles. The Balaban J connectivity index is 2.73. The van der Waals surface area contributed by atoms with Gasteiger partial charge in [-0.2, -0.15) is 0 Å². The number of nitrogens with zero attached hydrogens (tertiary/aromatic N) is 1. The molecule has 94 valence electrons. The highest BCUT2D eigenvalue weighted by molar-refractivity contribution is 5.81. The van der Waals surface area contributed by atoms with Crippen molar-refractivity contribution in [3.63, 3.8) is 0 Å². The fourth-order valence-corrected chi connectivity index (χ4v) is 2.53. The molecule has 1 aliphatic rings. The summed E-state index contributed by atoms with van der Waals surface area (Å²) in [6, 6.07) is -0.106. The molecule has 0 spiro atoms. The van der Waals surface area contributed by atoms with Crippen LogP contribution in [0.25, 0.3) is 0 Å². The molecular weight excluding hydrogens is 206 g/mol. The Bertz CT molecular complexity index is 235. The van der Waals surface area contributed by atoms with E-state index in [1.165, 1.54) is 0 Å². The summed E-state index contributed by atoms with van der Waals surface area (Å²) >= 11 is 0. The Morgan fingerprint density at radius 3 is 2.88 bits per heavy atom. The number of rotatable bonds is 5. The molecule has 0 radical (unpaired) electrons. The summed E-state index contributed by atoms with van der Waals surface area (Å²) in [7, 11) is 0. The Morgan fingerprint density at radius 2 is 2.38 bits per heavy atom. The molecule has 16 heavy (non-hydrogen) atoms. The maximum atomic E-state index is 11.7. The van der Waals surface area contributed by atoms with E-state index in [1.807, 2.05) is 6.92 Å². The minimum atomic E-state index is -0.197. The second kappa shape index (κ2) is 6.18. The zero-order chi connectivity index (χ0) is 12.1. The van der Waals surface area contributed by atoms with E-state index in [2.05, 4.69) is 17.2 Å². The van der Waals surface area contributed by atoms with E-state index in [0.29, 0.717) is 5.92 Å².